The summed E-state index contributed by atoms with van der Waals surface area (Å²) in [4.78, 5) is 11.4. The summed E-state index contributed by atoms with van der Waals surface area (Å²) < 4.78 is 21.7. The molecule has 1 fully saturated rings. The highest BCUT2D eigenvalue weighted by molar-refractivity contribution is 5.74. The Bertz CT molecular complexity index is 944. The molecule has 3 heterocycles. The molecule has 2 aliphatic rings. The molecule has 1 unspecified atom stereocenters. The van der Waals surface area contributed by atoms with Gasteiger partial charge in [-0.2, -0.15) is 4.98 Å². The van der Waals surface area contributed by atoms with Crippen molar-refractivity contribution in [3.8, 4) is 0 Å². The van der Waals surface area contributed by atoms with E-state index in [9.17, 15) is 4.39 Å². The monoisotopic (exact) mass is 340 g/mol. The summed E-state index contributed by atoms with van der Waals surface area (Å²) >= 11 is 0. The fourth-order valence-corrected chi connectivity index (χ4v) is 4.33. The zero-order chi connectivity index (χ0) is 17.0. The Balaban J connectivity index is 1.43. The van der Waals surface area contributed by atoms with E-state index >= 15 is 0 Å². The van der Waals surface area contributed by atoms with Crippen molar-refractivity contribution in [3.05, 3.63) is 41.2 Å². The van der Waals surface area contributed by atoms with Gasteiger partial charge in [0.1, 0.15) is 17.2 Å². The fourth-order valence-electron chi connectivity index (χ4n) is 4.33. The highest BCUT2D eigenvalue weighted by atomic mass is 19.1. The zero-order valence-electron chi connectivity index (χ0n) is 14.3. The maximum atomic E-state index is 13.4. The van der Waals surface area contributed by atoms with Gasteiger partial charge in [0.05, 0.1) is 11.7 Å². The summed E-state index contributed by atoms with van der Waals surface area (Å²) in [6.07, 6.45) is 5.80. The van der Waals surface area contributed by atoms with Gasteiger partial charge in [0, 0.05) is 24.8 Å². The molecule has 1 aromatic carbocycles. The Labute approximate surface area is 145 Å². The first-order valence-electron chi connectivity index (χ1n) is 9.06. The predicted octanol–water partition coefficient (Wildman–Crippen LogP) is 3.80. The molecule has 0 spiro atoms. The number of oxazole rings is 1. The molecule has 0 saturated carbocycles. The molecule has 1 atom stereocenters. The molecule has 1 aliphatic carbocycles. The van der Waals surface area contributed by atoms with Crippen molar-refractivity contribution in [2.24, 2.45) is 0 Å². The minimum atomic E-state index is -0.285. The van der Waals surface area contributed by atoms with E-state index in [-0.39, 0.29) is 5.82 Å². The SMILES string of the molecule is Cc1nc2c(n1C1CCN(c3nc4cc(F)ccc4o3)C1)CCCC2. The number of hydrogen-bond acceptors (Lipinski definition) is 4. The second kappa shape index (κ2) is 5.58. The van der Waals surface area contributed by atoms with Gasteiger partial charge in [-0.15, -0.1) is 0 Å². The number of rotatable bonds is 2. The van der Waals surface area contributed by atoms with Crippen molar-refractivity contribution in [2.45, 2.75) is 45.1 Å². The number of halogens is 1. The Morgan fingerprint density at radius 1 is 1.20 bits per heavy atom. The van der Waals surface area contributed by atoms with E-state index in [1.165, 1.54) is 36.4 Å². The number of imidazole rings is 1. The van der Waals surface area contributed by atoms with Crippen LogP contribution in [0.2, 0.25) is 0 Å². The van der Waals surface area contributed by atoms with E-state index in [4.69, 9.17) is 9.40 Å². The lowest BCUT2D eigenvalue weighted by Crippen LogP contribution is -2.22. The van der Waals surface area contributed by atoms with Crippen LogP contribution in [0.4, 0.5) is 10.4 Å². The number of nitrogens with zero attached hydrogens (tertiary/aromatic N) is 4. The Morgan fingerprint density at radius 2 is 2.08 bits per heavy atom. The molecule has 0 radical (unpaired) electrons. The molecule has 25 heavy (non-hydrogen) atoms. The molecule has 0 N–H and O–H groups in total. The lowest BCUT2D eigenvalue weighted by molar-refractivity contribution is 0.500. The number of fused-ring (bicyclic) bond motifs is 2. The molecule has 5 nitrogen and oxygen atoms in total. The average molecular weight is 340 g/mol. The van der Waals surface area contributed by atoms with E-state index < -0.39 is 0 Å². The van der Waals surface area contributed by atoms with Crippen LogP contribution >= 0.6 is 0 Å². The minimum Gasteiger partial charge on any atom is -0.423 e. The lowest BCUT2D eigenvalue weighted by atomic mass is 10.0. The quantitative estimate of drug-likeness (QED) is 0.712. The lowest BCUT2D eigenvalue weighted by Gasteiger charge is -2.20. The third-order valence-electron chi connectivity index (χ3n) is 5.48. The van der Waals surface area contributed by atoms with Crippen LogP contribution in [0.1, 0.15) is 42.5 Å². The fraction of sp³-hybridized carbons (Fsp3) is 0.474. The summed E-state index contributed by atoms with van der Waals surface area (Å²) in [6.45, 7) is 3.87. The molecule has 1 aliphatic heterocycles. The molecular formula is C19H21FN4O. The van der Waals surface area contributed by atoms with Gasteiger partial charge in [0.2, 0.25) is 0 Å². The smallest absolute Gasteiger partial charge is 0.298 e. The van der Waals surface area contributed by atoms with E-state index in [1.54, 1.807) is 6.07 Å². The molecule has 130 valence electrons. The van der Waals surface area contributed by atoms with Crippen LogP contribution in [-0.2, 0) is 12.8 Å². The maximum Gasteiger partial charge on any atom is 0.298 e. The standard InChI is InChI=1S/C19H21FN4O/c1-12-21-15-4-2-3-5-17(15)24(12)14-8-9-23(11-14)19-22-16-10-13(20)6-7-18(16)25-19/h6-7,10,14H,2-5,8-9,11H2,1H3. The summed E-state index contributed by atoms with van der Waals surface area (Å²) in [5, 5.41) is 0. The number of benzene rings is 1. The molecule has 0 bridgehead atoms. The van der Waals surface area contributed by atoms with Crippen LogP contribution in [0, 0.1) is 12.7 Å². The summed E-state index contributed by atoms with van der Waals surface area (Å²) in [5.41, 5.74) is 3.93. The van der Waals surface area contributed by atoms with Gasteiger partial charge in [-0.3, -0.25) is 0 Å². The Hall–Kier alpha value is -2.37. The van der Waals surface area contributed by atoms with Crippen LogP contribution in [0.15, 0.2) is 22.6 Å². The second-order valence-corrected chi connectivity index (χ2v) is 7.13. The van der Waals surface area contributed by atoms with Gasteiger partial charge in [-0.1, -0.05) is 0 Å². The van der Waals surface area contributed by atoms with Crippen LogP contribution in [-0.4, -0.2) is 27.6 Å². The van der Waals surface area contributed by atoms with Gasteiger partial charge in [-0.25, -0.2) is 9.37 Å². The van der Waals surface area contributed by atoms with Gasteiger partial charge in [-0.05, 0) is 51.2 Å². The number of hydrogen-bond donors (Lipinski definition) is 0. The van der Waals surface area contributed by atoms with Crippen molar-refractivity contribution in [3.63, 3.8) is 0 Å². The number of anilines is 1. The van der Waals surface area contributed by atoms with Crippen LogP contribution < -0.4 is 4.90 Å². The first-order chi connectivity index (χ1) is 12.2. The van der Waals surface area contributed by atoms with Crippen molar-refractivity contribution >= 4 is 17.1 Å². The summed E-state index contributed by atoms with van der Waals surface area (Å²) in [5.74, 6) is 0.839. The predicted molar refractivity (Wildman–Crippen MR) is 93.4 cm³/mol. The molecule has 2 aromatic heterocycles. The van der Waals surface area contributed by atoms with Gasteiger partial charge in [0.25, 0.3) is 6.01 Å². The largest absolute Gasteiger partial charge is 0.423 e. The third kappa shape index (κ3) is 2.42. The first-order valence-corrected chi connectivity index (χ1v) is 9.06. The molecule has 5 rings (SSSR count). The first kappa shape index (κ1) is 14.9. The van der Waals surface area contributed by atoms with Crippen LogP contribution in [0.3, 0.4) is 0 Å². The topological polar surface area (TPSA) is 47.1 Å². The van der Waals surface area contributed by atoms with E-state index in [2.05, 4.69) is 21.4 Å². The molecule has 6 heteroatoms. The Morgan fingerprint density at radius 3 is 3.00 bits per heavy atom. The normalized spacial score (nSPS) is 20.4. The maximum absolute atomic E-state index is 13.4. The van der Waals surface area contributed by atoms with Crippen molar-refractivity contribution < 1.29 is 8.81 Å². The van der Waals surface area contributed by atoms with Gasteiger partial charge in [0.15, 0.2) is 5.58 Å². The highest BCUT2D eigenvalue weighted by Crippen LogP contribution is 2.33. The van der Waals surface area contributed by atoms with E-state index in [0.29, 0.717) is 23.2 Å². The third-order valence-corrected chi connectivity index (χ3v) is 5.48. The van der Waals surface area contributed by atoms with Crippen molar-refractivity contribution in [1.29, 1.82) is 0 Å². The summed E-state index contributed by atoms with van der Waals surface area (Å²) in [7, 11) is 0. The van der Waals surface area contributed by atoms with E-state index in [1.807, 2.05) is 0 Å². The number of aryl methyl sites for hydroxylation is 2. The second-order valence-electron chi connectivity index (χ2n) is 7.13. The zero-order valence-corrected chi connectivity index (χ0v) is 14.3. The van der Waals surface area contributed by atoms with Crippen molar-refractivity contribution in [1.82, 2.24) is 14.5 Å². The molecule has 0 amide bonds. The van der Waals surface area contributed by atoms with Crippen molar-refractivity contribution in [2.75, 3.05) is 18.0 Å². The molecule has 3 aromatic rings. The van der Waals surface area contributed by atoms with Crippen LogP contribution in [0.5, 0.6) is 0 Å². The molecule has 1 saturated heterocycles. The number of aromatic nitrogens is 3. The van der Waals surface area contributed by atoms with Crippen LogP contribution in [0.25, 0.3) is 11.1 Å². The van der Waals surface area contributed by atoms with E-state index in [0.717, 1.165) is 38.2 Å². The Kier molecular flexibility index (Phi) is 3.33. The van der Waals surface area contributed by atoms with Gasteiger partial charge < -0.3 is 13.9 Å². The average Bonchev–Trinajstić information content (AvgIpc) is 3.29. The van der Waals surface area contributed by atoms with Gasteiger partial charge >= 0.3 is 0 Å². The molecular weight excluding hydrogens is 319 g/mol. The summed E-state index contributed by atoms with van der Waals surface area (Å²) in [6, 6.07) is 5.47. The highest BCUT2D eigenvalue weighted by Gasteiger charge is 2.31. The minimum absolute atomic E-state index is 0.285.